The Balaban J connectivity index is 2.24. The Hall–Kier alpha value is -2.29. The van der Waals surface area contributed by atoms with Gasteiger partial charge in [0.25, 0.3) is 0 Å². The Kier molecular flexibility index (Phi) is 3.42. The molecule has 0 unspecified atom stereocenters. The van der Waals surface area contributed by atoms with Gasteiger partial charge in [-0.25, -0.2) is 4.79 Å². The van der Waals surface area contributed by atoms with Gasteiger partial charge in [0.05, 0.1) is 5.56 Å². The molecule has 0 saturated carbocycles. The number of hydrogen-bond acceptors (Lipinski definition) is 2. The van der Waals surface area contributed by atoms with Gasteiger partial charge in [0.15, 0.2) is 0 Å². The Labute approximate surface area is 124 Å². The summed E-state index contributed by atoms with van der Waals surface area (Å²) < 4.78 is 5.95. The lowest BCUT2D eigenvalue weighted by atomic mass is 9.88. The molecule has 0 aromatic heterocycles. The molecule has 0 atom stereocenters. The summed E-state index contributed by atoms with van der Waals surface area (Å²) >= 11 is 0. The number of carboxylic acids is 1. The normalized spacial score (nSPS) is 12.3. The number of benzene rings is 2. The van der Waals surface area contributed by atoms with Gasteiger partial charge >= 0.3 is 5.97 Å². The van der Waals surface area contributed by atoms with Gasteiger partial charge in [-0.15, -0.1) is 0 Å². The number of carboxylic acid groups (broad SMARTS) is 1. The maximum atomic E-state index is 11.8. The second-order valence-electron chi connectivity index (χ2n) is 5.26. The molecule has 108 valence electrons. The minimum atomic E-state index is -0.860. The van der Waals surface area contributed by atoms with Crippen LogP contribution in [-0.4, -0.2) is 11.1 Å². The zero-order valence-electron chi connectivity index (χ0n) is 12.3. The second-order valence-corrected chi connectivity index (χ2v) is 5.26. The van der Waals surface area contributed by atoms with Crippen LogP contribution in [0.1, 0.15) is 46.5 Å². The summed E-state index contributed by atoms with van der Waals surface area (Å²) in [7, 11) is 0. The molecule has 3 rings (SSSR count). The second kappa shape index (κ2) is 5.24. The predicted octanol–water partition coefficient (Wildman–Crippen LogP) is 4.21. The number of aryl methyl sites for hydroxylation is 1. The molecule has 0 aliphatic carbocycles. The van der Waals surface area contributed by atoms with Crippen molar-refractivity contribution in [2.24, 2.45) is 0 Å². The van der Waals surface area contributed by atoms with E-state index in [0.717, 1.165) is 40.8 Å². The topological polar surface area (TPSA) is 46.5 Å². The maximum Gasteiger partial charge on any atom is 0.336 e. The smallest absolute Gasteiger partial charge is 0.336 e. The van der Waals surface area contributed by atoms with E-state index in [1.165, 1.54) is 0 Å². The first-order valence-corrected chi connectivity index (χ1v) is 7.32. The Bertz CT molecular complexity index is 717. The van der Waals surface area contributed by atoms with Gasteiger partial charge < -0.3 is 9.84 Å². The molecule has 0 fully saturated rings. The summed E-state index contributed by atoms with van der Waals surface area (Å²) in [6.45, 7) is 4.05. The van der Waals surface area contributed by atoms with Crippen molar-refractivity contribution in [3.05, 3.63) is 58.1 Å². The number of aromatic carboxylic acids is 1. The summed E-state index contributed by atoms with van der Waals surface area (Å²) in [4.78, 5) is 11.8. The molecule has 2 aromatic carbocycles. The van der Waals surface area contributed by atoms with Crippen LogP contribution in [0.2, 0.25) is 0 Å². The fourth-order valence-electron chi connectivity index (χ4n) is 3.10. The van der Waals surface area contributed by atoms with Crippen molar-refractivity contribution in [1.82, 2.24) is 0 Å². The SMILES string of the molecule is CCc1cc2c(c(C(=O)O)c1CC)Cc1ccccc1O2. The number of fused-ring (bicyclic) bond motifs is 2. The average Bonchev–Trinajstić information content (AvgIpc) is 2.50. The van der Waals surface area contributed by atoms with E-state index < -0.39 is 5.97 Å². The standard InChI is InChI=1S/C18H18O3/c1-3-11-10-16-14(17(18(19)20)13(11)4-2)9-12-7-5-6-8-15(12)21-16/h5-8,10H,3-4,9H2,1-2H3,(H,19,20). The number of para-hydroxylation sites is 1. The van der Waals surface area contributed by atoms with E-state index in [1.54, 1.807) is 0 Å². The summed E-state index contributed by atoms with van der Waals surface area (Å²) in [6.07, 6.45) is 2.14. The molecule has 1 N–H and O–H groups in total. The summed E-state index contributed by atoms with van der Waals surface area (Å²) in [6, 6.07) is 9.82. The number of carbonyl (C=O) groups is 1. The zero-order valence-corrected chi connectivity index (χ0v) is 12.3. The van der Waals surface area contributed by atoms with E-state index in [1.807, 2.05) is 44.2 Å². The summed E-state index contributed by atoms with van der Waals surface area (Å²) in [5.74, 6) is 0.661. The van der Waals surface area contributed by atoms with Gasteiger partial charge in [-0.1, -0.05) is 32.0 Å². The molecule has 2 aromatic rings. The molecule has 0 bridgehead atoms. The van der Waals surface area contributed by atoms with Crippen molar-refractivity contribution in [1.29, 1.82) is 0 Å². The van der Waals surface area contributed by atoms with E-state index in [0.29, 0.717) is 17.7 Å². The van der Waals surface area contributed by atoms with Gasteiger partial charge in [0, 0.05) is 12.0 Å². The van der Waals surface area contributed by atoms with Crippen molar-refractivity contribution >= 4 is 5.97 Å². The Morgan fingerprint density at radius 2 is 1.95 bits per heavy atom. The molecule has 21 heavy (non-hydrogen) atoms. The van der Waals surface area contributed by atoms with Gasteiger partial charge in [-0.3, -0.25) is 0 Å². The fraction of sp³-hybridized carbons (Fsp3) is 0.278. The fourth-order valence-corrected chi connectivity index (χ4v) is 3.10. The predicted molar refractivity (Wildman–Crippen MR) is 81.5 cm³/mol. The minimum Gasteiger partial charge on any atom is -0.478 e. The van der Waals surface area contributed by atoms with Crippen LogP contribution in [0, 0.1) is 0 Å². The molecule has 0 radical (unpaired) electrons. The highest BCUT2D eigenvalue weighted by Gasteiger charge is 2.26. The molecular weight excluding hydrogens is 264 g/mol. The van der Waals surface area contributed by atoms with Crippen molar-refractivity contribution < 1.29 is 14.6 Å². The third kappa shape index (κ3) is 2.19. The van der Waals surface area contributed by atoms with E-state index >= 15 is 0 Å². The Morgan fingerprint density at radius 1 is 1.19 bits per heavy atom. The van der Waals surface area contributed by atoms with E-state index in [-0.39, 0.29) is 0 Å². The largest absolute Gasteiger partial charge is 0.478 e. The van der Waals surface area contributed by atoms with Crippen molar-refractivity contribution in [3.63, 3.8) is 0 Å². The molecular formula is C18H18O3. The first-order valence-electron chi connectivity index (χ1n) is 7.32. The quantitative estimate of drug-likeness (QED) is 0.783. The van der Waals surface area contributed by atoms with Crippen LogP contribution in [-0.2, 0) is 19.3 Å². The average molecular weight is 282 g/mol. The first-order chi connectivity index (χ1) is 10.2. The highest BCUT2D eigenvalue weighted by atomic mass is 16.5. The van der Waals surface area contributed by atoms with Crippen LogP contribution in [0.15, 0.2) is 30.3 Å². The van der Waals surface area contributed by atoms with Crippen LogP contribution < -0.4 is 4.74 Å². The molecule has 1 aliphatic heterocycles. The van der Waals surface area contributed by atoms with Crippen LogP contribution in [0.3, 0.4) is 0 Å². The van der Waals surface area contributed by atoms with E-state index in [9.17, 15) is 9.90 Å². The van der Waals surface area contributed by atoms with Gasteiger partial charge in [0.1, 0.15) is 11.5 Å². The van der Waals surface area contributed by atoms with Crippen molar-refractivity contribution in [2.75, 3.05) is 0 Å². The lowest BCUT2D eigenvalue weighted by molar-refractivity contribution is 0.0694. The highest BCUT2D eigenvalue weighted by Crippen LogP contribution is 2.40. The lowest BCUT2D eigenvalue weighted by Crippen LogP contribution is -2.14. The third-order valence-corrected chi connectivity index (χ3v) is 4.10. The van der Waals surface area contributed by atoms with Crippen LogP contribution >= 0.6 is 0 Å². The first kappa shape index (κ1) is 13.7. The maximum absolute atomic E-state index is 11.8. The molecule has 1 aliphatic rings. The van der Waals surface area contributed by atoms with Gasteiger partial charge in [0.2, 0.25) is 0 Å². The lowest BCUT2D eigenvalue weighted by Gasteiger charge is -2.24. The van der Waals surface area contributed by atoms with Crippen LogP contribution in [0.5, 0.6) is 11.5 Å². The van der Waals surface area contributed by atoms with Gasteiger partial charge in [-0.05, 0) is 41.7 Å². The molecule has 0 spiro atoms. The van der Waals surface area contributed by atoms with E-state index in [4.69, 9.17) is 4.74 Å². The molecule has 3 nitrogen and oxygen atoms in total. The molecule has 0 amide bonds. The number of rotatable bonds is 3. The summed E-state index contributed by atoms with van der Waals surface area (Å²) in [5.41, 5.74) is 4.27. The third-order valence-electron chi connectivity index (χ3n) is 4.10. The van der Waals surface area contributed by atoms with Crippen molar-refractivity contribution in [2.45, 2.75) is 33.1 Å². The molecule has 1 heterocycles. The number of hydrogen-bond donors (Lipinski definition) is 1. The van der Waals surface area contributed by atoms with Crippen LogP contribution in [0.25, 0.3) is 0 Å². The van der Waals surface area contributed by atoms with Gasteiger partial charge in [-0.2, -0.15) is 0 Å². The zero-order chi connectivity index (χ0) is 15.0. The minimum absolute atomic E-state index is 0.432. The summed E-state index contributed by atoms with van der Waals surface area (Å²) in [5, 5.41) is 9.67. The molecule has 3 heteroatoms. The van der Waals surface area contributed by atoms with E-state index in [2.05, 4.69) is 0 Å². The number of ether oxygens (including phenoxy) is 1. The Morgan fingerprint density at radius 3 is 2.62 bits per heavy atom. The highest BCUT2D eigenvalue weighted by molar-refractivity contribution is 5.93. The van der Waals surface area contributed by atoms with Crippen LogP contribution in [0.4, 0.5) is 0 Å². The van der Waals surface area contributed by atoms with Crippen molar-refractivity contribution in [3.8, 4) is 11.5 Å². The monoisotopic (exact) mass is 282 g/mol. The molecule has 0 saturated heterocycles.